The third-order valence-corrected chi connectivity index (χ3v) is 4.15. The molecule has 0 saturated heterocycles. The number of oxazole rings is 1. The van der Waals surface area contributed by atoms with Gasteiger partial charge in [0.1, 0.15) is 5.75 Å². The van der Waals surface area contributed by atoms with Gasteiger partial charge in [0.25, 0.3) is 11.6 Å². The van der Waals surface area contributed by atoms with Gasteiger partial charge < -0.3 is 13.9 Å². The lowest BCUT2D eigenvalue weighted by Gasteiger charge is -2.07. The molecule has 7 heteroatoms. The van der Waals surface area contributed by atoms with Crippen LogP contribution in [0.15, 0.2) is 52.9 Å². The molecule has 0 spiro atoms. The predicted molar refractivity (Wildman–Crippen MR) is 107 cm³/mol. The number of benzene rings is 2. The highest BCUT2D eigenvalue weighted by atomic mass is 35.5. The molecule has 28 heavy (non-hydrogen) atoms. The molecule has 2 aromatic heterocycles. The highest BCUT2D eigenvalue weighted by Gasteiger charge is 2.18. The summed E-state index contributed by atoms with van der Waals surface area (Å²) in [6, 6.07) is 15.0. The number of fused-ring (bicyclic) bond motifs is 1. The normalized spacial score (nSPS) is 11.0. The summed E-state index contributed by atoms with van der Waals surface area (Å²) in [6.07, 6.45) is 0.832. The third-order valence-electron chi connectivity index (χ3n) is 3.92. The first-order valence-electron chi connectivity index (χ1n) is 8.94. The van der Waals surface area contributed by atoms with E-state index in [0.29, 0.717) is 40.4 Å². The van der Waals surface area contributed by atoms with Crippen LogP contribution in [0.3, 0.4) is 0 Å². The first-order chi connectivity index (χ1) is 13.6. The second kappa shape index (κ2) is 7.86. The fourth-order valence-corrected chi connectivity index (χ4v) is 2.84. The van der Waals surface area contributed by atoms with E-state index in [1.807, 2.05) is 38.1 Å². The van der Waals surface area contributed by atoms with E-state index >= 15 is 0 Å². The van der Waals surface area contributed by atoms with Gasteiger partial charge in [0.05, 0.1) is 6.61 Å². The van der Waals surface area contributed by atoms with Crippen molar-refractivity contribution in [2.45, 2.75) is 20.3 Å². The van der Waals surface area contributed by atoms with Crippen molar-refractivity contribution in [3.63, 3.8) is 0 Å². The molecule has 0 unspecified atom stereocenters. The van der Waals surface area contributed by atoms with Gasteiger partial charge in [0.15, 0.2) is 5.52 Å². The van der Waals surface area contributed by atoms with E-state index in [-0.39, 0.29) is 6.01 Å². The Morgan fingerprint density at radius 2 is 1.89 bits per heavy atom. The number of aryl methyl sites for hydroxylation is 1. The number of hydrogen-bond donors (Lipinski definition) is 0. The molecule has 0 bridgehead atoms. The van der Waals surface area contributed by atoms with Crippen molar-refractivity contribution < 1.29 is 13.9 Å². The summed E-state index contributed by atoms with van der Waals surface area (Å²) in [5.41, 5.74) is 2.73. The Balaban J connectivity index is 1.77. The number of nitrogens with zero attached hydrogens (tertiary/aromatic N) is 3. The molecule has 4 aromatic rings. The fraction of sp³-hybridized carbons (Fsp3) is 0.190. The Morgan fingerprint density at radius 1 is 1.04 bits per heavy atom. The molecule has 0 N–H and O–H groups in total. The largest absolute Gasteiger partial charge is 0.476 e. The predicted octanol–water partition coefficient (Wildman–Crippen LogP) is 5.83. The lowest BCUT2D eigenvalue weighted by atomic mass is 10.1. The van der Waals surface area contributed by atoms with Crippen molar-refractivity contribution in [1.82, 2.24) is 15.0 Å². The van der Waals surface area contributed by atoms with E-state index in [1.165, 1.54) is 0 Å². The standard InChI is InChI=1S/C21H18ClN3O3/c1-3-10-26-19-17-20(28-18(23-17)14-7-4-6-13(2)11-14)25-21(24-19)27-16-9-5-8-15(22)12-16/h4-9,11-12H,3,10H2,1-2H3. The third kappa shape index (κ3) is 3.92. The molecule has 4 rings (SSSR count). The highest BCUT2D eigenvalue weighted by Crippen LogP contribution is 2.31. The van der Waals surface area contributed by atoms with Gasteiger partial charge in [0, 0.05) is 10.6 Å². The Labute approximate surface area is 167 Å². The second-order valence-electron chi connectivity index (χ2n) is 6.26. The zero-order valence-corrected chi connectivity index (χ0v) is 16.2. The van der Waals surface area contributed by atoms with Crippen LogP contribution in [0.5, 0.6) is 17.6 Å². The highest BCUT2D eigenvalue weighted by molar-refractivity contribution is 6.30. The van der Waals surface area contributed by atoms with Gasteiger partial charge in [-0.25, -0.2) is 4.98 Å². The Bertz CT molecular complexity index is 1130. The molecule has 0 saturated carbocycles. The first kappa shape index (κ1) is 18.3. The Kier molecular flexibility index (Phi) is 5.12. The molecular weight excluding hydrogens is 378 g/mol. The van der Waals surface area contributed by atoms with Gasteiger partial charge in [-0.3, -0.25) is 0 Å². The van der Waals surface area contributed by atoms with Crippen molar-refractivity contribution in [1.29, 1.82) is 0 Å². The van der Waals surface area contributed by atoms with Crippen LogP contribution in [0.4, 0.5) is 0 Å². The van der Waals surface area contributed by atoms with Crippen LogP contribution in [0.1, 0.15) is 18.9 Å². The van der Waals surface area contributed by atoms with E-state index in [9.17, 15) is 0 Å². The number of aromatic nitrogens is 3. The Hall–Kier alpha value is -3.12. The van der Waals surface area contributed by atoms with E-state index < -0.39 is 0 Å². The van der Waals surface area contributed by atoms with Crippen LogP contribution in [0.2, 0.25) is 5.02 Å². The number of ether oxygens (including phenoxy) is 2. The SMILES string of the molecule is CCCOc1nc(Oc2cccc(Cl)c2)nc2oc(-c3cccc(C)c3)nc12. The zero-order valence-electron chi connectivity index (χ0n) is 15.5. The number of rotatable bonds is 6. The smallest absolute Gasteiger partial charge is 0.328 e. The van der Waals surface area contributed by atoms with Crippen LogP contribution >= 0.6 is 11.6 Å². The van der Waals surface area contributed by atoms with Crippen LogP contribution in [0, 0.1) is 6.92 Å². The first-order valence-corrected chi connectivity index (χ1v) is 9.32. The Morgan fingerprint density at radius 3 is 2.68 bits per heavy atom. The van der Waals surface area contributed by atoms with Gasteiger partial charge in [0.2, 0.25) is 5.89 Å². The van der Waals surface area contributed by atoms with Crippen molar-refractivity contribution in [2.75, 3.05) is 6.61 Å². The molecule has 0 aliphatic carbocycles. The summed E-state index contributed by atoms with van der Waals surface area (Å²) in [7, 11) is 0. The molecule has 2 aromatic carbocycles. The maximum Gasteiger partial charge on any atom is 0.328 e. The molecule has 2 heterocycles. The average Bonchev–Trinajstić information content (AvgIpc) is 3.10. The summed E-state index contributed by atoms with van der Waals surface area (Å²) in [6.45, 7) is 4.52. The minimum Gasteiger partial charge on any atom is -0.476 e. The maximum absolute atomic E-state index is 6.02. The van der Waals surface area contributed by atoms with Gasteiger partial charge in [-0.2, -0.15) is 9.97 Å². The molecule has 0 aliphatic heterocycles. The van der Waals surface area contributed by atoms with Gasteiger partial charge in [-0.05, 0) is 43.7 Å². The molecule has 142 valence electrons. The molecule has 0 fully saturated rings. The summed E-state index contributed by atoms with van der Waals surface area (Å²) < 4.78 is 17.4. The lowest BCUT2D eigenvalue weighted by molar-refractivity contribution is 0.302. The second-order valence-corrected chi connectivity index (χ2v) is 6.70. The van der Waals surface area contributed by atoms with E-state index in [4.69, 9.17) is 25.5 Å². The van der Waals surface area contributed by atoms with E-state index in [0.717, 1.165) is 17.5 Å². The molecule has 0 radical (unpaired) electrons. The van der Waals surface area contributed by atoms with Crippen LogP contribution < -0.4 is 9.47 Å². The quantitative estimate of drug-likeness (QED) is 0.409. The summed E-state index contributed by atoms with van der Waals surface area (Å²) in [5, 5.41) is 0.558. The minimum atomic E-state index is 0.104. The van der Waals surface area contributed by atoms with Gasteiger partial charge >= 0.3 is 6.01 Å². The van der Waals surface area contributed by atoms with Crippen molar-refractivity contribution in [2.24, 2.45) is 0 Å². The van der Waals surface area contributed by atoms with Crippen molar-refractivity contribution in [3.05, 3.63) is 59.1 Å². The zero-order chi connectivity index (χ0) is 19.5. The van der Waals surface area contributed by atoms with Gasteiger partial charge in [-0.15, -0.1) is 0 Å². The summed E-state index contributed by atoms with van der Waals surface area (Å²) in [5.74, 6) is 1.30. The van der Waals surface area contributed by atoms with Crippen LogP contribution in [0.25, 0.3) is 22.7 Å². The molecular formula is C21H18ClN3O3. The number of hydrogen-bond acceptors (Lipinski definition) is 6. The van der Waals surface area contributed by atoms with Crippen molar-refractivity contribution in [3.8, 4) is 29.1 Å². The van der Waals surface area contributed by atoms with Gasteiger partial charge in [-0.1, -0.05) is 42.3 Å². The van der Waals surface area contributed by atoms with Crippen LogP contribution in [-0.4, -0.2) is 21.6 Å². The summed E-state index contributed by atoms with van der Waals surface area (Å²) >= 11 is 6.02. The minimum absolute atomic E-state index is 0.104. The lowest BCUT2D eigenvalue weighted by Crippen LogP contribution is -2.01. The maximum atomic E-state index is 6.02. The fourth-order valence-electron chi connectivity index (χ4n) is 2.66. The molecule has 0 amide bonds. The topological polar surface area (TPSA) is 70.3 Å². The summed E-state index contributed by atoms with van der Waals surface area (Å²) in [4.78, 5) is 13.3. The molecule has 0 atom stereocenters. The van der Waals surface area contributed by atoms with Crippen molar-refractivity contribution >= 4 is 22.8 Å². The molecule has 0 aliphatic rings. The van der Waals surface area contributed by atoms with E-state index in [2.05, 4.69) is 15.0 Å². The molecule has 6 nitrogen and oxygen atoms in total. The van der Waals surface area contributed by atoms with Crippen LogP contribution in [-0.2, 0) is 0 Å². The van der Waals surface area contributed by atoms with E-state index in [1.54, 1.807) is 24.3 Å². The average molecular weight is 396 g/mol. The number of halogens is 1. The monoisotopic (exact) mass is 395 g/mol.